The van der Waals surface area contributed by atoms with Crippen LogP contribution in [0.1, 0.15) is 39.2 Å². The number of benzene rings is 1. The molecule has 6 nitrogen and oxygen atoms in total. The van der Waals surface area contributed by atoms with Crippen LogP contribution < -0.4 is 5.32 Å². The third kappa shape index (κ3) is 8.33. The molecule has 2 N–H and O–H groups in total. The number of rotatable bonds is 10. The van der Waals surface area contributed by atoms with E-state index < -0.39 is 11.9 Å². The van der Waals surface area contributed by atoms with Crippen molar-refractivity contribution in [2.75, 3.05) is 13.1 Å². The molecule has 1 atom stereocenters. The molecule has 1 rings (SSSR count). The van der Waals surface area contributed by atoms with Crippen LogP contribution in [-0.4, -0.2) is 40.9 Å². The van der Waals surface area contributed by atoms with E-state index in [1.807, 2.05) is 44.2 Å². The van der Waals surface area contributed by atoms with Gasteiger partial charge in [-0.15, -0.1) is 0 Å². The molecule has 25 heavy (non-hydrogen) atoms. The monoisotopic (exact) mass is 348 g/mol. The maximum absolute atomic E-state index is 12.0. The Morgan fingerprint density at radius 1 is 1.16 bits per heavy atom. The zero-order valence-electron chi connectivity index (χ0n) is 15.2. The number of carboxylic acid groups (broad SMARTS) is 1. The molecule has 0 saturated heterocycles. The molecule has 1 aromatic carbocycles. The van der Waals surface area contributed by atoms with Crippen molar-refractivity contribution in [3.05, 3.63) is 35.9 Å². The highest BCUT2D eigenvalue weighted by atomic mass is 16.4. The number of nitrogens with one attached hydrogen (secondary N) is 1. The summed E-state index contributed by atoms with van der Waals surface area (Å²) in [6.45, 7) is 6.25. The van der Waals surface area contributed by atoms with Gasteiger partial charge < -0.3 is 15.3 Å². The molecule has 0 fully saturated rings. The van der Waals surface area contributed by atoms with Gasteiger partial charge in [0.1, 0.15) is 0 Å². The highest BCUT2D eigenvalue weighted by Crippen LogP contribution is 2.11. The van der Waals surface area contributed by atoms with Gasteiger partial charge in [-0.2, -0.15) is 0 Å². The van der Waals surface area contributed by atoms with Gasteiger partial charge in [0.05, 0.1) is 5.92 Å². The standard InChI is InChI=1S/C19H28N2O4/c1-14(2)11-17(19(24)25)12-20-18(23)9-10-21(15(3)22)13-16-7-5-4-6-8-16/h4-8,14,17H,9-13H2,1-3H3,(H,20,23)(H,24,25). The molecule has 2 amide bonds. The number of carboxylic acids is 1. The largest absolute Gasteiger partial charge is 0.481 e. The lowest BCUT2D eigenvalue weighted by Crippen LogP contribution is -2.36. The van der Waals surface area contributed by atoms with E-state index in [9.17, 15) is 19.5 Å². The summed E-state index contributed by atoms with van der Waals surface area (Å²) in [4.78, 5) is 36.6. The van der Waals surface area contributed by atoms with Gasteiger partial charge >= 0.3 is 5.97 Å². The van der Waals surface area contributed by atoms with E-state index >= 15 is 0 Å². The fourth-order valence-corrected chi connectivity index (χ4v) is 2.55. The summed E-state index contributed by atoms with van der Waals surface area (Å²) in [6.07, 6.45) is 0.670. The third-order valence-corrected chi connectivity index (χ3v) is 3.92. The maximum Gasteiger partial charge on any atom is 0.308 e. The van der Waals surface area contributed by atoms with Crippen molar-refractivity contribution < 1.29 is 19.5 Å². The number of hydrogen-bond acceptors (Lipinski definition) is 3. The number of hydrogen-bond donors (Lipinski definition) is 2. The molecular formula is C19H28N2O4. The Balaban J connectivity index is 2.46. The van der Waals surface area contributed by atoms with E-state index in [0.717, 1.165) is 5.56 Å². The fraction of sp³-hybridized carbons (Fsp3) is 0.526. The summed E-state index contributed by atoms with van der Waals surface area (Å²) < 4.78 is 0. The molecule has 0 aliphatic heterocycles. The van der Waals surface area contributed by atoms with Gasteiger partial charge in [0, 0.05) is 33.0 Å². The molecule has 1 aromatic rings. The van der Waals surface area contributed by atoms with Crippen molar-refractivity contribution in [2.45, 2.75) is 40.2 Å². The molecule has 0 aromatic heterocycles. The quantitative estimate of drug-likeness (QED) is 0.679. The molecule has 1 unspecified atom stereocenters. The smallest absolute Gasteiger partial charge is 0.308 e. The Hall–Kier alpha value is -2.37. The first-order chi connectivity index (χ1) is 11.8. The Morgan fingerprint density at radius 3 is 2.32 bits per heavy atom. The van der Waals surface area contributed by atoms with Crippen LogP contribution in [0.2, 0.25) is 0 Å². The van der Waals surface area contributed by atoms with Crippen molar-refractivity contribution in [3.8, 4) is 0 Å². The normalized spacial score (nSPS) is 11.8. The highest BCUT2D eigenvalue weighted by Gasteiger charge is 2.20. The number of amides is 2. The number of carbonyl (C=O) groups is 3. The molecule has 0 bridgehead atoms. The molecular weight excluding hydrogens is 320 g/mol. The Kier molecular flexibility index (Phi) is 8.67. The molecule has 0 saturated carbocycles. The fourth-order valence-electron chi connectivity index (χ4n) is 2.55. The Labute approximate surface area is 149 Å². The molecule has 6 heteroatoms. The first-order valence-electron chi connectivity index (χ1n) is 8.58. The van der Waals surface area contributed by atoms with Crippen LogP contribution in [0.3, 0.4) is 0 Å². The Bertz CT molecular complexity index is 572. The van der Waals surface area contributed by atoms with Crippen LogP contribution in [0, 0.1) is 11.8 Å². The molecule has 0 radical (unpaired) electrons. The summed E-state index contributed by atoms with van der Waals surface area (Å²) in [7, 11) is 0. The summed E-state index contributed by atoms with van der Waals surface area (Å²) in [5.74, 6) is -1.58. The molecule has 138 valence electrons. The predicted molar refractivity (Wildman–Crippen MR) is 95.7 cm³/mol. The molecule has 0 aliphatic rings. The highest BCUT2D eigenvalue weighted by molar-refractivity contribution is 5.79. The maximum atomic E-state index is 12.0. The van der Waals surface area contributed by atoms with Crippen LogP contribution in [0.15, 0.2) is 30.3 Å². The van der Waals surface area contributed by atoms with Gasteiger partial charge in [-0.1, -0.05) is 44.2 Å². The van der Waals surface area contributed by atoms with Gasteiger partial charge in [0.2, 0.25) is 11.8 Å². The number of carbonyl (C=O) groups excluding carboxylic acids is 2. The molecule has 0 heterocycles. The summed E-state index contributed by atoms with van der Waals surface area (Å²) in [5.41, 5.74) is 1.00. The van der Waals surface area contributed by atoms with E-state index in [4.69, 9.17) is 0 Å². The second kappa shape index (κ2) is 10.5. The van der Waals surface area contributed by atoms with Crippen LogP contribution in [-0.2, 0) is 20.9 Å². The van der Waals surface area contributed by atoms with Crippen molar-refractivity contribution in [3.63, 3.8) is 0 Å². The first-order valence-corrected chi connectivity index (χ1v) is 8.58. The van der Waals surface area contributed by atoms with E-state index in [1.54, 1.807) is 4.90 Å². The van der Waals surface area contributed by atoms with E-state index in [2.05, 4.69) is 5.32 Å². The van der Waals surface area contributed by atoms with E-state index in [1.165, 1.54) is 6.92 Å². The van der Waals surface area contributed by atoms with Crippen molar-refractivity contribution in [1.82, 2.24) is 10.2 Å². The first kappa shape index (κ1) is 20.7. The van der Waals surface area contributed by atoms with Gasteiger partial charge in [-0.25, -0.2) is 0 Å². The van der Waals surface area contributed by atoms with E-state index in [-0.39, 0.29) is 30.7 Å². The summed E-state index contributed by atoms with van der Waals surface area (Å²) in [6, 6.07) is 9.58. The second-order valence-electron chi connectivity index (χ2n) is 6.64. The zero-order chi connectivity index (χ0) is 18.8. The van der Waals surface area contributed by atoms with E-state index in [0.29, 0.717) is 19.5 Å². The average molecular weight is 348 g/mol. The summed E-state index contributed by atoms with van der Waals surface area (Å²) in [5, 5.41) is 11.9. The van der Waals surface area contributed by atoms with Crippen molar-refractivity contribution in [2.24, 2.45) is 11.8 Å². The zero-order valence-corrected chi connectivity index (χ0v) is 15.2. The van der Waals surface area contributed by atoms with Gasteiger partial charge in [0.25, 0.3) is 0 Å². The Morgan fingerprint density at radius 2 is 1.80 bits per heavy atom. The lowest BCUT2D eigenvalue weighted by molar-refractivity contribution is -0.142. The average Bonchev–Trinajstić information content (AvgIpc) is 2.55. The van der Waals surface area contributed by atoms with Gasteiger partial charge in [-0.3, -0.25) is 14.4 Å². The van der Waals surface area contributed by atoms with Crippen LogP contribution >= 0.6 is 0 Å². The van der Waals surface area contributed by atoms with Gasteiger partial charge in [-0.05, 0) is 17.9 Å². The predicted octanol–water partition coefficient (Wildman–Crippen LogP) is 2.29. The van der Waals surface area contributed by atoms with Crippen LogP contribution in [0.5, 0.6) is 0 Å². The molecule has 0 aliphatic carbocycles. The van der Waals surface area contributed by atoms with Crippen LogP contribution in [0.25, 0.3) is 0 Å². The summed E-state index contributed by atoms with van der Waals surface area (Å²) >= 11 is 0. The molecule has 0 spiro atoms. The lowest BCUT2D eigenvalue weighted by Gasteiger charge is -2.21. The van der Waals surface area contributed by atoms with Crippen molar-refractivity contribution in [1.29, 1.82) is 0 Å². The topological polar surface area (TPSA) is 86.7 Å². The second-order valence-corrected chi connectivity index (χ2v) is 6.64. The SMILES string of the molecule is CC(=O)N(CCC(=O)NCC(CC(C)C)C(=O)O)Cc1ccccc1. The van der Waals surface area contributed by atoms with Crippen molar-refractivity contribution >= 4 is 17.8 Å². The van der Waals surface area contributed by atoms with Crippen LogP contribution in [0.4, 0.5) is 0 Å². The van der Waals surface area contributed by atoms with Gasteiger partial charge in [0.15, 0.2) is 0 Å². The minimum Gasteiger partial charge on any atom is -0.481 e. The minimum atomic E-state index is -0.900. The third-order valence-electron chi connectivity index (χ3n) is 3.92. The minimum absolute atomic E-state index is 0.0973. The number of aliphatic carboxylic acids is 1. The number of nitrogens with zero attached hydrogens (tertiary/aromatic N) is 1. The lowest BCUT2D eigenvalue weighted by atomic mass is 9.97.